The molecule has 2 aromatic rings. The van der Waals surface area contributed by atoms with E-state index in [4.69, 9.17) is 10.00 Å². The van der Waals surface area contributed by atoms with Crippen molar-refractivity contribution < 1.29 is 4.74 Å². The van der Waals surface area contributed by atoms with Gasteiger partial charge in [-0.1, -0.05) is 24.3 Å². The summed E-state index contributed by atoms with van der Waals surface area (Å²) in [5, 5.41) is 11.2. The Balaban J connectivity index is 2.26. The lowest BCUT2D eigenvalue weighted by molar-refractivity contribution is 0.352. The number of ether oxygens (including phenoxy) is 1. The highest BCUT2D eigenvalue weighted by Gasteiger charge is 2.11. The molecule has 0 fully saturated rings. The summed E-state index contributed by atoms with van der Waals surface area (Å²) in [6.07, 6.45) is 1.89. The number of hydrogen-bond donors (Lipinski definition) is 0. The molecule has 0 radical (unpaired) electrons. The summed E-state index contributed by atoms with van der Waals surface area (Å²) in [6.45, 7) is 0.377. The largest absolute Gasteiger partial charge is 0.488 e. The van der Waals surface area contributed by atoms with Gasteiger partial charge in [-0.05, 0) is 29.0 Å². The Morgan fingerprint density at radius 1 is 1.12 bits per heavy atom. The van der Waals surface area contributed by atoms with Gasteiger partial charge in [0.15, 0.2) is 0 Å². The van der Waals surface area contributed by atoms with Gasteiger partial charge < -0.3 is 4.74 Å². The summed E-state index contributed by atoms with van der Waals surface area (Å²) < 4.78 is 5.54. The minimum atomic E-state index is 0.377. The molecule has 0 saturated heterocycles. The van der Waals surface area contributed by atoms with Crippen LogP contribution in [0.1, 0.15) is 5.56 Å². The zero-order valence-corrected chi connectivity index (χ0v) is 8.60. The smallest absolute Gasteiger partial charge is 0.127 e. The SMILES string of the molecule is N#CC1=Cc2cc3ccccc3cc2OC1. The average molecular weight is 207 g/mol. The van der Waals surface area contributed by atoms with Crippen LogP contribution >= 0.6 is 0 Å². The van der Waals surface area contributed by atoms with Crippen LogP contribution in [0.25, 0.3) is 16.8 Å². The van der Waals surface area contributed by atoms with E-state index in [2.05, 4.69) is 24.3 Å². The van der Waals surface area contributed by atoms with Gasteiger partial charge in [-0.3, -0.25) is 0 Å². The predicted octanol–water partition coefficient (Wildman–Crippen LogP) is 3.14. The topological polar surface area (TPSA) is 33.0 Å². The standard InChI is InChI=1S/C14H9NO/c15-8-10-5-13-6-11-3-1-2-4-12(11)7-14(13)16-9-10/h1-7H,9H2. The van der Waals surface area contributed by atoms with Gasteiger partial charge in [0.1, 0.15) is 12.4 Å². The van der Waals surface area contributed by atoms with Crippen molar-refractivity contribution in [3.63, 3.8) is 0 Å². The van der Waals surface area contributed by atoms with Crippen LogP contribution in [0.15, 0.2) is 42.0 Å². The fourth-order valence-corrected chi connectivity index (χ4v) is 1.92. The fourth-order valence-electron chi connectivity index (χ4n) is 1.92. The molecule has 3 rings (SSSR count). The van der Waals surface area contributed by atoms with Gasteiger partial charge in [-0.2, -0.15) is 5.26 Å². The minimum Gasteiger partial charge on any atom is -0.488 e. The van der Waals surface area contributed by atoms with E-state index in [-0.39, 0.29) is 0 Å². The Morgan fingerprint density at radius 3 is 2.62 bits per heavy atom. The number of nitriles is 1. The maximum absolute atomic E-state index is 8.83. The molecule has 1 aliphatic rings. The van der Waals surface area contributed by atoms with Crippen molar-refractivity contribution in [1.29, 1.82) is 5.26 Å². The highest BCUT2D eigenvalue weighted by Crippen LogP contribution is 2.30. The molecule has 2 heteroatoms. The number of hydrogen-bond acceptors (Lipinski definition) is 2. The van der Waals surface area contributed by atoms with Crippen LogP contribution in [0.5, 0.6) is 5.75 Å². The van der Waals surface area contributed by atoms with Crippen molar-refractivity contribution in [3.8, 4) is 11.8 Å². The number of benzene rings is 2. The Labute approximate surface area is 93.4 Å². The molecular weight excluding hydrogens is 198 g/mol. The maximum Gasteiger partial charge on any atom is 0.127 e. The molecule has 0 unspecified atom stereocenters. The third kappa shape index (κ3) is 1.34. The molecule has 0 bridgehead atoms. The normalized spacial score (nSPS) is 13.6. The molecule has 1 aliphatic heterocycles. The third-order valence-corrected chi connectivity index (χ3v) is 2.73. The lowest BCUT2D eigenvalue weighted by atomic mass is 10.0. The molecule has 76 valence electrons. The molecule has 0 atom stereocenters. The highest BCUT2D eigenvalue weighted by molar-refractivity contribution is 5.88. The van der Waals surface area contributed by atoms with E-state index >= 15 is 0 Å². The first kappa shape index (κ1) is 8.99. The molecule has 0 aliphatic carbocycles. The summed E-state index contributed by atoms with van der Waals surface area (Å²) in [5.74, 6) is 0.859. The van der Waals surface area contributed by atoms with E-state index in [0.29, 0.717) is 12.2 Å². The first-order chi connectivity index (χ1) is 7.86. The van der Waals surface area contributed by atoms with E-state index in [1.165, 1.54) is 5.39 Å². The molecule has 1 heterocycles. The molecule has 0 N–H and O–H groups in total. The molecule has 0 saturated carbocycles. The molecule has 0 aromatic heterocycles. The van der Waals surface area contributed by atoms with E-state index in [9.17, 15) is 0 Å². The van der Waals surface area contributed by atoms with Crippen molar-refractivity contribution in [2.75, 3.05) is 6.61 Å². The van der Waals surface area contributed by atoms with Gasteiger partial charge in [0.2, 0.25) is 0 Å². The van der Waals surface area contributed by atoms with Crippen molar-refractivity contribution in [1.82, 2.24) is 0 Å². The summed E-state index contributed by atoms with van der Waals surface area (Å²) >= 11 is 0. The predicted molar refractivity (Wildman–Crippen MR) is 63.0 cm³/mol. The summed E-state index contributed by atoms with van der Waals surface area (Å²) in [6, 6.07) is 14.3. The number of fused-ring (bicyclic) bond motifs is 2. The molecular formula is C14H9NO. The van der Waals surface area contributed by atoms with Crippen LogP contribution in [0.4, 0.5) is 0 Å². The second kappa shape index (κ2) is 3.39. The van der Waals surface area contributed by atoms with Gasteiger partial charge in [-0.15, -0.1) is 0 Å². The Morgan fingerprint density at radius 2 is 1.88 bits per heavy atom. The summed E-state index contributed by atoms with van der Waals surface area (Å²) in [7, 11) is 0. The molecule has 0 amide bonds. The van der Waals surface area contributed by atoms with Crippen molar-refractivity contribution in [2.24, 2.45) is 0 Å². The van der Waals surface area contributed by atoms with Crippen LogP contribution in [0, 0.1) is 11.3 Å². The number of rotatable bonds is 0. The zero-order chi connectivity index (χ0) is 11.0. The van der Waals surface area contributed by atoms with E-state index < -0.39 is 0 Å². The van der Waals surface area contributed by atoms with Crippen LogP contribution in [0.3, 0.4) is 0 Å². The van der Waals surface area contributed by atoms with Gasteiger partial charge in [0.25, 0.3) is 0 Å². The molecule has 16 heavy (non-hydrogen) atoms. The van der Waals surface area contributed by atoms with E-state index in [0.717, 1.165) is 16.7 Å². The summed E-state index contributed by atoms with van der Waals surface area (Å²) in [4.78, 5) is 0. The summed E-state index contributed by atoms with van der Waals surface area (Å²) in [5.41, 5.74) is 1.66. The van der Waals surface area contributed by atoms with Gasteiger partial charge >= 0.3 is 0 Å². The van der Waals surface area contributed by atoms with Gasteiger partial charge in [0.05, 0.1) is 11.6 Å². The molecule has 0 spiro atoms. The van der Waals surface area contributed by atoms with Gasteiger partial charge in [0, 0.05) is 5.56 Å². The second-order valence-corrected chi connectivity index (χ2v) is 3.81. The monoisotopic (exact) mass is 207 g/mol. The van der Waals surface area contributed by atoms with Crippen molar-refractivity contribution in [3.05, 3.63) is 47.5 Å². The third-order valence-electron chi connectivity index (χ3n) is 2.73. The van der Waals surface area contributed by atoms with Crippen LogP contribution in [-0.2, 0) is 0 Å². The first-order valence-electron chi connectivity index (χ1n) is 5.13. The van der Waals surface area contributed by atoms with Crippen LogP contribution in [-0.4, -0.2) is 6.61 Å². The highest BCUT2D eigenvalue weighted by atomic mass is 16.5. The molecule has 2 aromatic carbocycles. The first-order valence-corrected chi connectivity index (χ1v) is 5.13. The second-order valence-electron chi connectivity index (χ2n) is 3.81. The Kier molecular flexibility index (Phi) is 1.91. The zero-order valence-electron chi connectivity index (χ0n) is 8.60. The van der Waals surface area contributed by atoms with E-state index in [1.807, 2.05) is 24.3 Å². The van der Waals surface area contributed by atoms with E-state index in [1.54, 1.807) is 0 Å². The Hall–Kier alpha value is -2.27. The maximum atomic E-state index is 8.83. The molecule has 2 nitrogen and oxygen atoms in total. The van der Waals surface area contributed by atoms with Crippen molar-refractivity contribution in [2.45, 2.75) is 0 Å². The fraction of sp³-hybridized carbons (Fsp3) is 0.0714. The van der Waals surface area contributed by atoms with Gasteiger partial charge in [-0.25, -0.2) is 0 Å². The Bertz CT molecular complexity index is 635. The van der Waals surface area contributed by atoms with Crippen LogP contribution in [0.2, 0.25) is 0 Å². The number of nitrogens with zero attached hydrogens (tertiary/aromatic N) is 1. The average Bonchev–Trinajstić information content (AvgIpc) is 2.35. The lowest BCUT2D eigenvalue weighted by Gasteiger charge is -2.15. The van der Waals surface area contributed by atoms with Crippen molar-refractivity contribution >= 4 is 16.8 Å². The minimum absolute atomic E-state index is 0.377. The lowest BCUT2D eigenvalue weighted by Crippen LogP contribution is -2.05. The quantitative estimate of drug-likeness (QED) is 0.664. The van der Waals surface area contributed by atoms with Crippen LogP contribution < -0.4 is 4.74 Å².